The average Bonchev–Trinajstić information content (AvgIpc) is 3.37. The Morgan fingerprint density at radius 2 is 2.10 bits per heavy atom. The van der Waals surface area contributed by atoms with Crippen molar-refractivity contribution in [2.24, 2.45) is 5.41 Å². The monoisotopic (exact) mass is 412 g/mol. The molecule has 0 radical (unpaired) electrons. The van der Waals surface area contributed by atoms with E-state index >= 15 is 0 Å². The van der Waals surface area contributed by atoms with Crippen LogP contribution in [0.3, 0.4) is 0 Å². The van der Waals surface area contributed by atoms with Gasteiger partial charge in [-0.3, -0.25) is 4.90 Å². The predicted octanol–water partition coefficient (Wildman–Crippen LogP) is 4.33. The highest BCUT2D eigenvalue weighted by molar-refractivity contribution is 7.16. The van der Waals surface area contributed by atoms with Crippen molar-refractivity contribution in [1.29, 1.82) is 0 Å². The molecule has 0 aliphatic carbocycles. The molecule has 29 heavy (non-hydrogen) atoms. The fourth-order valence-electron chi connectivity index (χ4n) is 4.96. The zero-order valence-corrected chi connectivity index (χ0v) is 17.4. The second-order valence-corrected chi connectivity index (χ2v) is 9.17. The van der Waals surface area contributed by atoms with Crippen molar-refractivity contribution in [3.63, 3.8) is 0 Å². The minimum atomic E-state index is -0.153. The molecule has 2 aromatic heterocycles. The number of halogens is 1. The van der Waals surface area contributed by atoms with Crippen LogP contribution in [-0.2, 0) is 6.54 Å². The summed E-state index contributed by atoms with van der Waals surface area (Å²) in [6, 6.07) is 7.13. The van der Waals surface area contributed by atoms with E-state index in [0.717, 1.165) is 55.1 Å². The van der Waals surface area contributed by atoms with Gasteiger partial charge < -0.3 is 9.64 Å². The minimum absolute atomic E-state index is 0.153. The van der Waals surface area contributed by atoms with Crippen LogP contribution in [0, 0.1) is 11.2 Å². The number of methoxy groups -OCH3 is 1. The van der Waals surface area contributed by atoms with Crippen LogP contribution in [0.1, 0.15) is 24.8 Å². The molecule has 4 heterocycles. The predicted molar refractivity (Wildman–Crippen MR) is 114 cm³/mol. The summed E-state index contributed by atoms with van der Waals surface area (Å²) in [4.78, 5) is 14.9. The Labute approximate surface area is 174 Å². The molecule has 5 nitrogen and oxygen atoms in total. The highest BCUT2D eigenvalue weighted by atomic mass is 32.1. The molecule has 1 aromatic carbocycles. The van der Waals surface area contributed by atoms with Gasteiger partial charge in [0.05, 0.1) is 12.5 Å². The highest BCUT2D eigenvalue weighted by Gasteiger charge is 2.42. The molecule has 0 bridgehead atoms. The van der Waals surface area contributed by atoms with Crippen LogP contribution in [0.5, 0.6) is 5.75 Å². The van der Waals surface area contributed by atoms with Gasteiger partial charge in [-0.25, -0.2) is 14.4 Å². The highest BCUT2D eigenvalue weighted by Crippen LogP contribution is 2.42. The summed E-state index contributed by atoms with van der Waals surface area (Å²) in [5, 5.41) is 3.24. The van der Waals surface area contributed by atoms with Gasteiger partial charge in [0.25, 0.3) is 0 Å². The molecule has 0 unspecified atom stereocenters. The molecular weight excluding hydrogens is 387 g/mol. The van der Waals surface area contributed by atoms with Crippen molar-refractivity contribution in [3.05, 3.63) is 47.4 Å². The van der Waals surface area contributed by atoms with Crippen LogP contribution in [0.4, 0.5) is 10.2 Å². The Balaban J connectivity index is 1.33. The number of hydrogen-bond donors (Lipinski definition) is 0. The Morgan fingerprint density at radius 3 is 3.00 bits per heavy atom. The lowest BCUT2D eigenvalue weighted by Gasteiger charge is -2.40. The van der Waals surface area contributed by atoms with Gasteiger partial charge in [0, 0.05) is 37.2 Å². The molecule has 2 fully saturated rings. The van der Waals surface area contributed by atoms with Crippen LogP contribution in [-0.4, -0.2) is 48.2 Å². The summed E-state index contributed by atoms with van der Waals surface area (Å²) in [5.74, 6) is 1.62. The number of rotatable bonds is 4. The summed E-state index contributed by atoms with van der Waals surface area (Å²) in [6.45, 7) is 4.67. The number of aromatic nitrogens is 2. The Hall–Kier alpha value is -2.25. The van der Waals surface area contributed by atoms with Gasteiger partial charge in [-0.05, 0) is 55.5 Å². The first-order chi connectivity index (χ1) is 14.2. The van der Waals surface area contributed by atoms with Crippen molar-refractivity contribution in [2.45, 2.75) is 25.8 Å². The lowest BCUT2D eigenvalue weighted by molar-refractivity contribution is 0.0981. The molecule has 7 heteroatoms. The maximum absolute atomic E-state index is 14.3. The molecule has 0 N–H and O–H groups in total. The third-order valence-corrected chi connectivity index (χ3v) is 7.19. The van der Waals surface area contributed by atoms with E-state index in [2.05, 4.69) is 31.2 Å². The third-order valence-electron chi connectivity index (χ3n) is 6.37. The number of ether oxygens (including phenoxy) is 1. The molecule has 152 valence electrons. The molecule has 1 spiro atoms. The Bertz CT molecular complexity index is 1020. The number of hydrogen-bond acceptors (Lipinski definition) is 6. The molecule has 0 saturated carbocycles. The normalized spacial score (nSPS) is 22.6. The van der Waals surface area contributed by atoms with Gasteiger partial charge in [0.1, 0.15) is 28.5 Å². The number of benzene rings is 1. The largest absolute Gasteiger partial charge is 0.497 e. The van der Waals surface area contributed by atoms with Gasteiger partial charge in [-0.1, -0.05) is 0 Å². The number of likely N-dealkylation sites (tertiary alicyclic amines) is 1. The van der Waals surface area contributed by atoms with Crippen LogP contribution < -0.4 is 9.64 Å². The van der Waals surface area contributed by atoms with E-state index in [1.165, 1.54) is 12.5 Å². The number of nitrogens with zero attached hydrogens (tertiary/aromatic N) is 4. The second kappa shape index (κ2) is 7.54. The van der Waals surface area contributed by atoms with E-state index in [1.54, 1.807) is 30.8 Å². The number of fused-ring (bicyclic) bond motifs is 1. The topological polar surface area (TPSA) is 41.5 Å². The molecule has 2 aliphatic rings. The fraction of sp³-hybridized carbons (Fsp3) is 0.455. The molecule has 0 amide bonds. The van der Waals surface area contributed by atoms with Crippen molar-refractivity contribution >= 4 is 27.4 Å². The fourth-order valence-corrected chi connectivity index (χ4v) is 5.69. The van der Waals surface area contributed by atoms with Gasteiger partial charge in [-0.15, -0.1) is 11.3 Å². The standard InChI is InChI=1S/C22H25FN4OS/c1-28-17-3-4-19(23)16(11-17)12-26-8-2-6-22(13-26)7-9-27(14-22)20-18-5-10-29-21(18)25-15-24-20/h3-5,10-11,15H,2,6-9,12-14H2,1H3/t22-/m0/s1. The van der Waals surface area contributed by atoms with E-state index in [4.69, 9.17) is 4.74 Å². The zero-order chi connectivity index (χ0) is 19.8. The van der Waals surface area contributed by atoms with Crippen molar-refractivity contribution in [1.82, 2.24) is 14.9 Å². The first-order valence-electron chi connectivity index (χ1n) is 10.1. The van der Waals surface area contributed by atoms with E-state index in [-0.39, 0.29) is 11.2 Å². The summed E-state index contributed by atoms with van der Waals surface area (Å²) < 4.78 is 19.6. The molecule has 2 saturated heterocycles. The lowest BCUT2D eigenvalue weighted by Crippen LogP contribution is -2.44. The van der Waals surface area contributed by atoms with E-state index in [1.807, 2.05) is 6.07 Å². The van der Waals surface area contributed by atoms with E-state index < -0.39 is 0 Å². The third kappa shape index (κ3) is 3.57. The van der Waals surface area contributed by atoms with Crippen LogP contribution in [0.25, 0.3) is 10.2 Å². The summed E-state index contributed by atoms with van der Waals surface area (Å²) in [6.07, 6.45) is 5.20. The van der Waals surface area contributed by atoms with Crippen LogP contribution in [0.15, 0.2) is 36.0 Å². The minimum Gasteiger partial charge on any atom is -0.497 e. The van der Waals surface area contributed by atoms with Gasteiger partial charge in [0.2, 0.25) is 0 Å². The van der Waals surface area contributed by atoms with Crippen LogP contribution >= 0.6 is 11.3 Å². The van der Waals surface area contributed by atoms with E-state index in [0.29, 0.717) is 17.9 Å². The molecule has 1 atom stereocenters. The summed E-state index contributed by atoms with van der Waals surface area (Å²) in [5.41, 5.74) is 0.966. The Kier molecular flexibility index (Phi) is 4.87. The molecular formula is C22H25FN4OS. The lowest BCUT2D eigenvalue weighted by atomic mass is 9.79. The molecule has 5 rings (SSSR count). The zero-order valence-electron chi connectivity index (χ0n) is 16.6. The number of thiophene rings is 1. The van der Waals surface area contributed by atoms with Crippen molar-refractivity contribution in [2.75, 3.05) is 38.2 Å². The van der Waals surface area contributed by atoms with Gasteiger partial charge >= 0.3 is 0 Å². The Morgan fingerprint density at radius 1 is 1.17 bits per heavy atom. The number of piperidine rings is 1. The van der Waals surface area contributed by atoms with Crippen molar-refractivity contribution < 1.29 is 9.13 Å². The maximum atomic E-state index is 14.3. The maximum Gasteiger partial charge on any atom is 0.140 e. The van der Waals surface area contributed by atoms with Gasteiger partial charge in [0.15, 0.2) is 0 Å². The van der Waals surface area contributed by atoms with Gasteiger partial charge in [-0.2, -0.15) is 0 Å². The summed E-state index contributed by atoms with van der Waals surface area (Å²) >= 11 is 1.66. The second-order valence-electron chi connectivity index (χ2n) is 8.28. The van der Waals surface area contributed by atoms with Crippen LogP contribution in [0.2, 0.25) is 0 Å². The smallest absolute Gasteiger partial charge is 0.140 e. The quantitative estimate of drug-likeness (QED) is 0.638. The molecule has 3 aromatic rings. The summed E-state index contributed by atoms with van der Waals surface area (Å²) in [7, 11) is 1.62. The number of anilines is 1. The first-order valence-corrected chi connectivity index (χ1v) is 11.0. The average molecular weight is 413 g/mol. The SMILES string of the molecule is COc1ccc(F)c(CN2CCC[C@]3(CCN(c4ncnc5sccc45)C3)C2)c1. The molecule has 2 aliphatic heterocycles. The van der Waals surface area contributed by atoms with E-state index in [9.17, 15) is 4.39 Å². The first kappa shape index (κ1) is 18.8. The van der Waals surface area contributed by atoms with Crippen molar-refractivity contribution in [3.8, 4) is 5.75 Å².